The highest BCUT2D eigenvalue weighted by atomic mass is 16.5. The molecule has 6 nitrogen and oxygen atoms in total. The van der Waals surface area contributed by atoms with Crippen molar-refractivity contribution in [1.82, 2.24) is 4.98 Å². The molecule has 1 heterocycles. The number of rotatable bonds is 6. The zero-order valence-electron chi connectivity index (χ0n) is 13.6. The number of nitriles is 1. The molecule has 3 N–H and O–H groups in total. The van der Waals surface area contributed by atoms with Crippen molar-refractivity contribution in [1.29, 1.82) is 5.26 Å². The Balaban J connectivity index is 2.12. The Morgan fingerprint density at radius 1 is 1.30 bits per heavy atom. The monoisotopic (exact) mass is 311 g/mol. The molecule has 6 heteroatoms. The lowest BCUT2D eigenvalue weighted by Crippen LogP contribution is -2.09. The fraction of sp³-hybridized carbons (Fsp3) is 0.294. The topological polar surface area (TPSA) is 87.2 Å². The molecule has 0 amide bonds. The first-order valence-corrected chi connectivity index (χ1v) is 7.38. The van der Waals surface area contributed by atoms with Crippen molar-refractivity contribution in [2.75, 3.05) is 36.7 Å². The molecule has 120 valence electrons. The van der Waals surface area contributed by atoms with Crippen LogP contribution >= 0.6 is 0 Å². The fourth-order valence-electron chi connectivity index (χ4n) is 2.09. The predicted octanol–water partition coefficient (Wildman–Crippen LogP) is 2.61. The highest BCUT2D eigenvalue weighted by Crippen LogP contribution is 2.25. The zero-order valence-corrected chi connectivity index (χ0v) is 13.6. The Morgan fingerprint density at radius 2 is 2.00 bits per heavy atom. The van der Waals surface area contributed by atoms with Gasteiger partial charge in [0.1, 0.15) is 17.5 Å². The van der Waals surface area contributed by atoms with E-state index in [0.717, 1.165) is 11.3 Å². The summed E-state index contributed by atoms with van der Waals surface area (Å²) in [5.41, 5.74) is 8.80. The van der Waals surface area contributed by atoms with E-state index in [0.29, 0.717) is 24.7 Å². The van der Waals surface area contributed by atoms with Crippen molar-refractivity contribution in [2.45, 2.75) is 13.5 Å². The molecule has 2 aromatic rings. The molecule has 0 aliphatic rings. The SMILES string of the molecule is CCOc1nc(NCc2ccc(N(C)C)cc2)cc(N)c1C#N. The molecule has 0 atom stereocenters. The average Bonchev–Trinajstić information content (AvgIpc) is 2.53. The first-order valence-electron chi connectivity index (χ1n) is 7.38. The number of nitrogens with two attached hydrogens (primary N) is 1. The average molecular weight is 311 g/mol. The predicted molar refractivity (Wildman–Crippen MR) is 92.6 cm³/mol. The molecule has 0 aliphatic carbocycles. The van der Waals surface area contributed by atoms with Crippen molar-refractivity contribution in [3.05, 3.63) is 41.5 Å². The number of aromatic nitrogens is 1. The quantitative estimate of drug-likeness (QED) is 0.852. The van der Waals surface area contributed by atoms with Crippen molar-refractivity contribution in [3.63, 3.8) is 0 Å². The Hall–Kier alpha value is -2.94. The molecular weight excluding hydrogens is 290 g/mol. The minimum absolute atomic E-state index is 0.264. The number of hydrogen-bond donors (Lipinski definition) is 2. The molecule has 2 rings (SSSR count). The van der Waals surface area contributed by atoms with Gasteiger partial charge in [-0.2, -0.15) is 10.2 Å². The number of ether oxygens (including phenoxy) is 1. The van der Waals surface area contributed by atoms with Gasteiger partial charge in [0.25, 0.3) is 0 Å². The van der Waals surface area contributed by atoms with Crippen LogP contribution in [0.2, 0.25) is 0 Å². The van der Waals surface area contributed by atoms with Gasteiger partial charge in [0.15, 0.2) is 0 Å². The highest BCUT2D eigenvalue weighted by Gasteiger charge is 2.11. The van der Waals surface area contributed by atoms with Crippen LogP contribution in [0.5, 0.6) is 5.88 Å². The van der Waals surface area contributed by atoms with E-state index in [1.165, 1.54) is 0 Å². The van der Waals surface area contributed by atoms with Crippen LogP contribution in [0.25, 0.3) is 0 Å². The lowest BCUT2D eigenvalue weighted by molar-refractivity contribution is 0.326. The summed E-state index contributed by atoms with van der Waals surface area (Å²) in [6.07, 6.45) is 0. The number of benzene rings is 1. The standard InChI is InChI=1S/C17H21N5O/c1-4-23-17-14(10-18)15(19)9-16(21-17)20-11-12-5-7-13(8-6-12)22(2)3/h5-9H,4,11H2,1-3H3,(H3,19,20,21). The number of nitrogens with one attached hydrogen (secondary N) is 1. The minimum Gasteiger partial charge on any atom is -0.477 e. The van der Waals surface area contributed by atoms with Crippen molar-refractivity contribution < 1.29 is 4.74 Å². The Labute approximate surface area is 136 Å². The molecule has 0 aliphatic heterocycles. The third kappa shape index (κ3) is 4.04. The van der Waals surface area contributed by atoms with E-state index in [9.17, 15) is 0 Å². The van der Waals surface area contributed by atoms with Gasteiger partial charge >= 0.3 is 0 Å². The smallest absolute Gasteiger partial charge is 0.235 e. The van der Waals surface area contributed by atoms with Crippen LogP contribution in [0.3, 0.4) is 0 Å². The molecule has 1 aromatic heterocycles. The first kappa shape index (κ1) is 16.4. The summed E-state index contributed by atoms with van der Waals surface area (Å²) in [5, 5.41) is 12.3. The summed E-state index contributed by atoms with van der Waals surface area (Å²) < 4.78 is 5.38. The van der Waals surface area contributed by atoms with E-state index in [1.54, 1.807) is 6.07 Å². The van der Waals surface area contributed by atoms with Crippen LogP contribution in [0.1, 0.15) is 18.1 Å². The van der Waals surface area contributed by atoms with Crippen molar-refractivity contribution in [3.8, 4) is 11.9 Å². The van der Waals surface area contributed by atoms with E-state index < -0.39 is 0 Å². The molecule has 0 saturated heterocycles. The van der Waals surface area contributed by atoms with Crippen LogP contribution in [0.15, 0.2) is 30.3 Å². The molecular formula is C17H21N5O. The van der Waals surface area contributed by atoms with Crippen LogP contribution < -0.4 is 20.7 Å². The molecule has 0 bridgehead atoms. The maximum Gasteiger partial charge on any atom is 0.235 e. The zero-order chi connectivity index (χ0) is 16.8. The summed E-state index contributed by atoms with van der Waals surface area (Å²) in [6.45, 7) is 2.87. The molecule has 0 unspecified atom stereocenters. The second kappa shape index (κ2) is 7.36. The van der Waals surface area contributed by atoms with E-state index in [-0.39, 0.29) is 11.4 Å². The summed E-state index contributed by atoms with van der Waals surface area (Å²) in [4.78, 5) is 6.36. The van der Waals surface area contributed by atoms with Crippen LogP contribution in [-0.2, 0) is 6.54 Å². The Morgan fingerprint density at radius 3 is 2.57 bits per heavy atom. The normalized spacial score (nSPS) is 10.0. The van der Waals surface area contributed by atoms with Gasteiger partial charge < -0.3 is 20.7 Å². The molecule has 0 fully saturated rings. The van der Waals surface area contributed by atoms with Crippen LogP contribution in [0, 0.1) is 11.3 Å². The summed E-state index contributed by atoms with van der Waals surface area (Å²) in [7, 11) is 4.01. The Kier molecular flexibility index (Phi) is 5.26. The second-order valence-corrected chi connectivity index (χ2v) is 5.24. The van der Waals surface area contributed by atoms with Gasteiger partial charge in [-0.15, -0.1) is 0 Å². The van der Waals surface area contributed by atoms with Gasteiger partial charge in [-0.25, -0.2) is 0 Å². The lowest BCUT2D eigenvalue weighted by atomic mass is 10.2. The summed E-state index contributed by atoms with van der Waals surface area (Å²) >= 11 is 0. The third-order valence-corrected chi connectivity index (χ3v) is 3.34. The first-order chi connectivity index (χ1) is 11.0. The van der Waals surface area contributed by atoms with Gasteiger partial charge in [0.05, 0.1) is 12.3 Å². The summed E-state index contributed by atoms with van der Waals surface area (Å²) in [6, 6.07) is 11.9. The maximum absolute atomic E-state index is 9.12. The summed E-state index contributed by atoms with van der Waals surface area (Å²) in [5.74, 6) is 0.849. The number of nitrogens with zero attached hydrogens (tertiary/aromatic N) is 3. The van der Waals surface area contributed by atoms with Gasteiger partial charge in [-0.1, -0.05) is 12.1 Å². The van der Waals surface area contributed by atoms with E-state index >= 15 is 0 Å². The number of nitrogen functional groups attached to an aromatic ring is 1. The van der Waals surface area contributed by atoms with Crippen molar-refractivity contribution >= 4 is 17.2 Å². The van der Waals surface area contributed by atoms with Gasteiger partial charge in [-0.05, 0) is 24.6 Å². The van der Waals surface area contributed by atoms with Gasteiger partial charge in [0.2, 0.25) is 5.88 Å². The molecule has 23 heavy (non-hydrogen) atoms. The molecule has 0 radical (unpaired) electrons. The largest absolute Gasteiger partial charge is 0.477 e. The van der Waals surface area contributed by atoms with E-state index in [2.05, 4.69) is 39.5 Å². The van der Waals surface area contributed by atoms with Crippen LogP contribution in [0.4, 0.5) is 17.2 Å². The molecule has 0 spiro atoms. The fourth-order valence-corrected chi connectivity index (χ4v) is 2.09. The van der Waals surface area contributed by atoms with Gasteiger partial charge in [-0.3, -0.25) is 0 Å². The van der Waals surface area contributed by atoms with Gasteiger partial charge in [0, 0.05) is 32.4 Å². The highest BCUT2D eigenvalue weighted by molar-refractivity contribution is 5.64. The lowest BCUT2D eigenvalue weighted by Gasteiger charge is -2.14. The maximum atomic E-state index is 9.12. The van der Waals surface area contributed by atoms with E-state index in [4.69, 9.17) is 15.7 Å². The van der Waals surface area contributed by atoms with Crippen LogP contribution in [-0.4, -0.2) is 25.7 Å². The molecule has 0 saturated carbocycles. The Bertz CT molecular complexity index is 704. The second-order valence-electron chi connectivity index (χ2n) is 5.24. The number of anilines is 3. The van der Waals surface area contributed by atoms with Crippen molar-refractivity contribution in [2.24, 2.45) is 0 Å². The van der Waals surface area contributed by atoms with E-state index in [1.807, 2.05) is 27.1 Å². The third-order valence-electron chi connectivity index (χ3n) is 3.34. The number of hydrogen-bond acceptors (Lipinski definition) is 6. The number of pyridine rings is 1. The minimum atomic E-state index is 0.264. The molecule has 1 aromatic carbocycles.